The Hall–Kier alpha value is -2.82. The van der Waals surface area contributed by atoms with Crippen LogP contribution in [0.3, 0.4) is 0 Å². The Morgan fingerprint density at radius 3 is 2.08 bits per heavy atom. The van der Waals surface area contributed by atoms with E-state index in [4.69, 9.17) is 4.74 Å². The highest BCUT2D eigenvalue weighted by Crippen LogP contribution is 2.22. The lowest BCUT2D eigenvalue weighted by Gasteiger charge is -2.19. The van der Waals surface area contributed by atoms with E-state index in [0.29, 0.717) is 17.0 Å². The highest BCUT2D eigenvalue weighted by atomic mass is 16.6. The number of anilines is 1. The number of methoxy groups -OCH3 is 1. The van der Waals surface area contributed by atoms with Crippen LogP contribution in [0, 0.1) is 0 Å². The number of carbonyl (C=O) groups excluding carboxylic acids is 2. The predicted octanol–water partition coefficient (Wildman–Crippen LogP) is 3.79. The molecule has 0 bridgehead atoms. The summed E-state index contributed by atoms with van der Waals surface area (Å²) in [5, 5.41) is 2.83. The van der Waals surface area contributed by atoms with Crippen LogP contribution in [0.15, 0.2) is 48.5 Å². The number of hydrogen-bond donors (Lipinski definition) is 1. The van der Waals surface area contributed by atoms with Crippen LogP contribution in [0.5, 0.6) is 5.75 Å². The van der Waals surface area contributed by atoms with Crippen molar-refractivity contribution in [3.63, 3.8) is 0 Å². The Bertz CT molecular complexity index is 728. The first-order valence-electron chi connectivity index (χ1n) is 8.01. The van der Waals surface area contributed by atoms with Gasteiger partial charge in [-0.1, -0.05) is 32.9 Å². The zero-order chi connectivity index (χ0) is 18.4. The van der Waals surface area contributed by atoms with Gasteiger partial charge in [0.2, 0.25) is 0 Å². The van der Waals surface area contributed by atoms with Crippen LogP contribution in [0.2, 0.25) is 0 Å². The molecule has 0 unspecified atom stereocenters. The summed E-state index contributed by atoms with van der Waals surface area (Å²) in [6, 6.07) is 14.4. The Morgan fingerprint density at radius 1 is 0.960 bits per heavy atom. The third kappa shape index (κ3) is 5.35. The second-order valence-corrected chi connectivity index (χ2v) is 6.67. The lowest BCUT2D eigenvalue weighted by atomic mass is 9.87. The van der Waals surface area contributed by atoms with Gasteiger partial charge in [-0.2, -0.15) is 0 Å². The van der Waals surface area contributed by atoms with Crippen LogP contribution < -0.4 is 10.1 Å². The zero-order valence-corrected chi connectivity index (χ0v) is 15.0. The maximum Gasteiger partial charge on any atom is 0.343 e. The van der Waals surface area contributed by atoms with Crippen molar-refractivity contribution in [3.8, 4) is 5.75 Å². The summed E-state index contributed by atoms with van der Waals surface area (Å²) >= 11 is 0. The number of ether oxygens (including phenoxy) is 2. The zero-order valence-electron chi connectivity index (χ0n) is 15.0. The van der Waals surface area contributed by atoms with Crippen LogP contribution in [0.4, 0.5) is 5.69 Å². The molecule has 0 saturated heterocycles. The highest BCUT2D eigenvalue weighted by Gasteiger charge is 2.14. The smallest absolute Gasteiger partial charge is 0.343 e. The summed E-state index contributed by atoms with van der Waals surface area (Å²) < 4.78 is 9.77. The summed E-state index contributed by atoms with van der Waals surface area (Å²) in [5.74, 6) is -0.0994. The molecule has 0 heterocycles. The molecule has 2 rings (SSSR count). The van der Waals surface area contributed by atoms with E-state index >= 15 is 0 Å². The van der Waals surface area contributed by atoms with Crippen molar-refractivity contribution in [1.82, 2.24) is 0 Å². The second kappa shape index (κ2) is 7.83. The van der Waals surface area contributed by atoms with E-state index in [2.05, 4.69) is 30.8 Å². The van der Waals surface area contributed by atoms with E-state index < -0.39 is 5.97 Å². The predicted molar refractivity (Wildman–Crippen MR) is 97.0 cm³/mol. The van der Waals surface area contributed by atoms with E-state index in [0.717, 1.165) is 0 Å². The van der Waals surface area contributed by atoms with Gasteiger partial charge >= 0.3 is 5.97 Å². The van der Waals surface area contributed by atoms with Gasteiger partial charge in [0.15, 0.2) is 6.61 Å². The number of carbonyl (C=O) groups is 2. The fourth-order valence-electron chi connectivity index (χ4n) is 2.16. The van der Waals surface area contributed by atoms with Crippen LogP contribution in [-0.2, 0) is 14.9 Å². The van der Waals surface area contributed by atoms with Gasteiger partial charge in [0.25, 0.3) is 5.91 Å². The van der Waals surface area contributed by atoms with E-state index in [1.807, 2.05) is 24.3 Å². The molecular formula is C20H23NO4. The van der Waals surface area contributed by atoms with Gasteiger partial charge in [-0.3, -0.25) is 4.79 Å². The third-order valence-electron chi connectivity index (χ3n) is 3.71. The molecular weight excluding hydrogens is 318 g/mol. The molecule has 0 aliphatic carbocycles. The maximum absolute atomic E-state index is 12.3. The minimum atomic E-state index is -0.448. The van der Waals surface area contributed by atoms with Gasteiger partial charge in [-0.25, -0.2) is 4.79 Å². The molecule has 0 aliphatic rings. The van der Waals surface area contributed by atoms with Crippen LogP contribution in [-0.4, -0.2) is 25.6 Å². The van der Waals surface area contributed by atoms with Crippen molar-refractivity contribution in [1.29, 1.82) is 0 Å². The second-order valence-electron chi connectivity index (χ2n) is 6.67. The van der Waals surface area contributed by atoms with Crippen molar-refractivity contribution in [2.24, 2.45) is 0 Å². The summed E-state index contributed by atoms with van der Waals surface area (Å²) in [4.78, 5) is 23.3. The molecule has 1 N–H and O–H groups in total. The molecule has 25 heavy (non-hydrogen) atoms. The first-order chi connectivity index (χ1) is 11.8. The standard InChI is InChI=1S/C20H23NO4/c1-20(2,3)15-7-5-14(6-8-15)19(23)21-16-9-11-17(12-10-16)25-13-18(22)24-4/h5-12H,13H2,1-4H3,(H,21,23). The molecule has 132 valence electrons. The average Bonchev–Trinajstić information content (AvgIpc) is 2.60. The molecule has 2 aromatic rings. The molecule has 0 aromatic heterocycles. The van der Waals surface area contributed by atoms with Crippen LogP contribution in [0.1, 0.15) is 36.7 Å². The molecule has 0 radical (unpaired) electrons. The fourth-order valence-corrected chi connectivity index (χ4v) is 2.16. The molecule has 1 amide bonds. The number of esters is 1. The highest BCUT2D eigenvalue weighted by molar-refractivity contribution is 6.04. The lowest BCUT2D eigenvalue weighted by Crippen LogP contribution is -2.14. The molecule has 5 nitrogen and oxygen atoms in total. The number of hydrogen-bond acceptors (Lipinski definition) is 4. The third-order valence-corrected chi connectivity index (χ3v) is 3.71. The number of rotatable bonds is 5. The first kappa shape index (κ1) is 18.5. The van der Waals surface area contributed by atoms with Crippen molar-refractivity contribution in [2.75, 3.05) is 19.0 Å². The summed E-state index contributed by atoms with van der Waals surface area (Å²) in [6.45, 7) is 6.24. The summed E-state index contributed by atoms with van der Waals surface area (Å²) in [6.07, 6.45) is 0. The van der Waals surface area contributed by atoms with Gasteiger partial charge in [0.05, 0.1) is 7.11 Å². The van der Waals surface area contributed by atoms with E-state index in [-0.39, 0.29) is 17.9 Å². The monoisotopic (exact) mass is 341 g/mol. The van der Waals surface area contributed by atoms with Crippen molar-refractivity contribution < 1.29 is 19.1 Å². The van der Waals surface area contributed by atoms with Gasteiger partial charge in [0.1, 0.15) is 5.75 Å². The molecule has 5 heteroatoms. The lowest BCUT2D eigenvalue weighted by molar-refractivity contribution is -0.142. The molecule has 0 fully saturated rings. The maximum atomic E-state index is 12.3. The quantitative estimate of drug-likeness (QED) is 0.841. The molecule has 0 spiro atoms. The SMILES string of the molecule is COC(=O)COc1ccc(NC(=O)c2ccc(C(C)(C)C)cc2)cc1. The van der Waals surface area contributed by atoms with Crippen LogP contribution >= 0.6 is 0 Å². The normalized spacial score (nSPS) is 10.9. The van der Waals surface area contributed by atoms with E-state index in [1.165, 1.54) is 12.7 Å². The first-order valence-corrected chi connectivity index (χ1v) is 8.01. The number of benzene rings is 2. The Morgan fingerprint density at radius 2 is 1.56 bits per heavy atom. The van der Waals surface area contributed by atoms with Gasteiger partial charge in [-0.05, 0) is 47.4 Å². The molecule has 0 atom stereocenters. The van der Waals surface area contributed by atoms with Gasteiger partial charge < -0.3 is 14.8 Å². The van der Waals surface area contributed by atoms with Gasteiger partial charge in [0, 0.05) is 11.3 Å². The Balaban J connectivity index is 1.97. The van der Waals surface area contributed by atoms with Crippen molar-refractivity contribution in [3.05, 3.63) is 59.7 Å². The largest absolute Gasteiger partial charge is 0.482 e. The topological polar surface area (TPSA) is 64.6 Å². The Labute approximate surface area is 148 Å². The van der Waals surface area contributed by atoms with Gasteiger partial charge in [-0.15, -0.1) is 0 Å². The average molecular weight is 341 g/mol. The minimum Gasteiger partial charge on any atom is -0.482 e. The summed E-state index contributed by atoms with van der Waals surface area (Å²) in [7, 11) is 1.30. The molecule has 0 aliphatic heterocycles. The van der Waals surface area contributed by atoms with Crippen molar-refractivity contribution >= 4 is 17.6 Å². The number of nitrogens with one attached hydrogen (secondary N) is 1. The van der Waals surface area contributed by atoms with E-state index in [9.17, 15) is 9.59 Å². The summed E-state index contributed by atoms with van der Waals surface area (Å²) in [5.41, 5.74) is 2.47. The Kier molecular flexibility index (Phi) is 5.80. The van der Waals surface area contributed by atoms with E-state index in [1.54, 1.807) is 24.3 Å². The van der Waals surface area contributed by atoms with Crippen LogP contribution in [0.25, 0.3) is 0 Å². The molecule has 0 saturated carbocycles. The fraction of sp³-hybridized carbons (Fsp3) is 0.300. The molecule has 2 aromatic carbocycles. The number of amides is 1. The van der Waals surface area contributed by atoms with Crippen molar-refractivity contribution in [2.45, 2.75) is 26.2 Å². The minimum absolute atomic E-state index is 0.0506.